The number of carbonyl (C=O) groups excluding carboxylic acids is 1. The number of hydrogen-bond donors (Lipinski definition) is 0. The highest BCUT2D eigenvalue weighted by Gasteiger charge is 2.31. The average Bonchev–Trinajstić information content (AvgIpc) is 2.90. The number of amides is 1. The molecular formula is C17H16N2O3S. The van der Waals surface area contributed by atoms with Gasteiger partial charge in [0, 0.05) is 29.1 Å². The molecule has 118 valence electrons. The van der Waals surface area contributed by atoms with Crippen LogP contribution in [0.4, 0.5) is 5.69 Å². The van der Waals surface area contributed by atoms with E-state index in [0.717, 1.165) is 5.56 Å². The van der Waals surface area contributed by atoms with Crippen LogP contribution in [0.2, 0.25) is 0 Å². The molecule has 1 aromatic heterocycles. The van der Waals surface area contributed by atoms with Crippen molar-refractivity contribution in [3.63, 3.8) is 0 Å². The van der Waals surface area contributed by atoms with Crippen LogP contribution in [-0.2, 0) is 9.84 Å². The van der Waals surface area contributed by atoms with Crippen LogP contribution < -0.4 is 4.90 Å². The van der Waals surface area contributed by atoms with Gasteiger partial charge >= 0.3 is 0 Å². The summed E-state index contributed by atoms with van der Waals surface area (Å²) < 4.78 is 23.5. The molecule has 2 aromatic rings. The Morgan fingerprint density at radius 3 is 2.35 bits per heavy atom. The summed E-state index contributed by atoms with van der Waals surface area (Å²) in [7, 11) is -3.26. The van der Waals surface area contributed by atoms with Crippen LogP contribution in [0.5, 0.6) is 0 Å². The Morgan fingerprint density at radius 2 is 1.78 bits per heavy atom. The van der Waals surface area contributed by atoms with Crippen LogP contribution in [-0.4, -0.2) is 31.1 Å². The van der Waals surface area contributed by atoms with Gasteiger partial charge in [-0.2, -0.15) is 0 Å². The molecule has 23 heavy (non-hydrogen) atoms. The van der Waals surface area contributed by atoms with E-state index in [-0.39, 0.29) is 11.7 Å². The van der Waals surface area contributed by atoms with E-state index >= 15 is 0 Å². The highest BCUT2D eigenvalue weighted by atomic mass is 32.2. The number of pyridine rings is 1. The summed E-state index contributed by atoms with van der Waals surface area (Å²) in [6.45, 7) is 1.96. The summed E-state index contributed by atoms with van der Waals surface area (Å²) in [6, 6.07) is 10.2. The van der Waals surface area contributed by atoms with Gasteiger partial charge in [0.25, 0.3) is 5.91 Å². The molecule has 0 radical (unpaired) electrons. The Bertz CT molecular complexity index is 843. The zero-order valence-electron chi connectivity index (χ0n) is 12.6. The number of sulfone groups is 1. The number of nitrogens with zero attached hydrogens (tertiary/aromatic N) is 2. The molecule has 0 aliphatic carbocycles. The van der Waals surface area contributed by atoms with Gasteiger partial charge < -0.3 is 4.90 Å². The second kappa shape index (κ2) is 5.96. The number of rotatable bonds is 3. The molecule has 0 spiro atoms. The molecule has 0 saturated carbocycles. The van der Waals surface area contributed by atoms with Crippen molar-refractivity contribution in [2.45, 2.75) is 13.0 Å². The number of aromatic nitrogens is 1. The zero-order chi connectivity index (χ0) is 16.4. The molecule has 0 saturated heterocycles. The molecule has 0 unspecified atom stereocenters. The third-order valence-corrected chi connectivity index (χ3v) is 5.08. The van der Waals surface area contributed by atoms with Gasteiger partial charge in [-0.1, -0.05) is 17.7 Å². The van der Waals surface area contributed by atoms with E-state index in [0.29, 0.717) is 11.3 Å². The fraction of sp³-hybridized carbons (Fsp3) is 0.176. The molecule has 5 nitrogen and oxygen atoms in total. The molecular weight excluding hydrogens is 312 g/mol. The molecule has 6 heteroatoms. The van der Waals surface area contributed by atoms with Crippen LogP contribution in [0, 0.1) is 6.92 Å². The van der Waals surface area contributed by atoms with Gasteiger partial charge in [0.2, 0.25) is 0 Å². The maximum absolute atomic E-state index is 12.9. The standard InChI is InChI=1S/C17H16N2O3S/c1-13-2-4-15(5-3-13)19(16-8-11-23(21,22)12-16)17(20)14-6-9-18-10-7-14/h2-11,16H,12H2,1H3/t16-/m0/s1. The van der Waals surface area contributed by atoms with Crippen LogP contribution in [0.3, 0.4) is 0 Å². The van der Waals surface area contributed by atoms with Gasteiger partial charge in [0.15, 0.2) is 9.84 Å². The first-order valence-corrected chi connectivity index (χ1v) is 8.89. The highest BCUT2D eigenvalue weighted by molar-refractivity contribution is 7.94. The van der Waals surface area contributed by atoms with Gasteiger partial charge in [-0.25, -0.2) is 8.42 Å². The van der Waals surface area contributed by atoms with Gasteiger partial charge in [-0.3, -0.25) is 9.78 Å². The lowest BCUT2D eigenvalue weighted by Gasteiger charge is -2.28. The van der Waals surface area contributed by atoms with E-state index in [4.69, 9.17) is 0 Å². The summed E-state index contributed by atoms with van der Waals surface area (Å²) in [4.78, 5) is 18.3. The number of aryl methyl sites for hydroxylation is 1. The lowest BCUT2D eigenvalue weighted by atomic mass is 10.1. The molecule has 0 bridgehead atoms. The molecule has 1 aromatic carbocycles. The van der Waals surface area contributed by atoms with Crippen molar-refractivity contribution in [2.75, 3.05) is 10.7 Å². The van der Waals surface area contributed by atoms with E-state index in [9.17, 15) is 13.2 Å². The van der Waals surface area contributed by atoms with Crippen molar-refractivity contribution in [2.24, 2.45) is 0 Å². The second-order valence-electron chi connectivity index (χ2n) is 5.47. The first-order valence-electron chi connectivity index (χ1n) is 7.17. The minimum atomic E-state index is -3.26. The first-order chi connectivity index (χ1) is 11.0. The maximum Gasteiger partial charge on any atom is 0.258 e. The van der Waals surface area contributed by atoms with Crippen LogP contribution in [0.25, 0.3) is 0 Å². The van der Waals surface area contributed by atoms with Crippen molar-refractivity contribution in [1.82, 2.24) is 4.98 Å². The van der Waals surface area contributed by atoms with Crippen molar-refractivity contribution < 1.29 is 13.2 Å². The third kappa shape index (κ3) is 3.32. The third-order valence-electron chi connectivity index (χ3n) is 3.70. The van der Waals surface area contributed by atoms with Crippen LogP contribution >= 0.6 is 0 Å². The summed E-state index contributed by atoms with van der Waals surface area (Å²) in [5, 5.41) is 1.18. The fourth-order valence-electron chi connectivity index (χ4n) is 2.52. The maximum atomic E-state index is 12.9. The predicted molar refractivity (Wildman–Crippen MR) is 88.9 cm³/mol. The Balaban J connectivity index is 2.02. The Hall–Kier alpha value is -2.47. The van der Waals surface area contributed by atoms with E-state index in [1.165, 1.54) is 10.3 Å². The minimum absolute atomic E-state index is 0.0995. The fourth-order valence-corrected chi connectivity index (χ4v) is 3.79. The lowest BCUT2D eigenvalue weighted by Crippen LogP contribution is -2.41. The number of carbonyl (C=O) groups is 1. The topological polar surface area (TPSA) is 67.3 Å². The summed E-state index contributed by atoms with van der Waals surface area (Å²) in [6.07, 6.45) is 4.65. The monoisotopic (exact) mass is 328 g/mol. The number of benzene rings is 1. The van der Waals surface area contributed by atoms with E-state index in [2.05, 4.69) is 4.98 Å². The first kappa shape index (κ1) is 15.4. The van der Waals surface area contributed by atoms with Crippen molar-refractivity contribution in [3.8, 4) is 0 Å². The van der Waals surface area contributed by atoms with Crippen molar-refractivity contribution in [1.29, 1.82) is 0 Å². The molecule has 1 amide bonds. The van der Waals surface area contributed by atoms with Crippen LogP contribution in [0.15, 0.2) is 60.3 Å². The summed E-state index contributed by atoms with van der Waals surface area (Å²) in [5.74, 6) is -0.347. The number of anilines is 1. The highest BCUT2D eigenvalue weighted by Crippen LogP contribution is 2.25. The average molecular weight is 328 g/mol. The molecule has 1 aliphatic rings. The van der Waals surface area contributed by atoms with E-state index in [1.54, 1.807) is 30.6 Å². The quantitative estimate of drug-likeness (QED) is 0.867. The Kier molecular flexibility index (Phi) is 4.00. The Morgan fingerprint density at radius 1 is 1.13 bits per heavy atom. The van der Waals surface area contributed by atoms with Gasteiger partial charge in [-0.05, 0) is 37.3 Å². The normalized spacial score (nSPS) is 18.7. The zero-order valence-corrected chi connectivity index (χ0v) is 13.4. The van der Waals surface area contributed by atoms with E-state index in [1.807, 2.05) is 31.2 Å². The largest absolute Gasteiger partial charge is 0.300 e. The smallest absolute Gasteiger partial charge is 0.258 e. The second-order valence-corrected chi connectivity index (χ2v) is 7.40. The lowest BCUT2D eigenvalue weighted by molar-refractivity contribution is 0.0983. The molecule has 1 aliphatic heterocycles. The molecule has 0 N–H and O–H groups in total. The molecule has 1 atom stereocenters. The van der Waals surface area contributed by atoms with Gasteiger partial charge in [0.1, 0.15) is 0 Å². The molecule has 0 fully saturated rings. The van der Waals surface area contributed by atoms with Crippen molar-refractivity contribution >= 4 is 21.4 Å². The van der Waals surface area contributed by atoms with Crippen LogP contribution in [0.1, 0.15) is 15.9 Å². The minimum Gasteiger partial charge on any atom is -0.300 e. The van der Waals surface area contributed by atoms with Gasteiger partial charge in [0.05, 0.1) is 11.8 Å². The molecule has 3 rings (SSSR count). The molecule has 2 heterocycles. The van der Waals surface area contributed by atoms with Crippen molar-refractivity contribution in [3.05, 3.63) is 71.4 Å². The predicted octanol–water partition coefficient (Wildman–Crippen LogP) is 2.35. The van der Waals surface area contributed by atoms with Gasteiger partial charge in [-0.15, -0.1) is 0 Å². The SMILES string of the molecule is Cc1ccc(N(C(=O)c2ccncc2)[C@H]2C=CS(=O)(=O)C2)cc1. The summed E-state index contributed by atoms with van der Waals surface area (Å²) >= 11 is 0. The number of hydrogen-bond acceptors (Lipinski definition) is 4. The summed E-state index contributed by atoms with van der Waals surface area (Å²) in [5.41, 5.74) is 2.21. The van der Waals surface area contributed by atoms with E-state index < -0.39 is 15.9 Å². The Labute approximate surface area is 135 Å².